The summed E-state index contributed by atoms with van der Waals surface area (Å²) in [6, 6.07) is 10.5. The minimum Gasteiger partial charge on any atom is -0.497 e. The molecule has 1 atom stereocenters. The Morgan fingerprint density at radius 3 is 2.18 bits per heavy atom. The minimum atomic E-state index is -0.603. The number of ether oxygens (including phenoxy) is 1. The Hall–Kier alpha value is -1.98. The van der Waals surface area contributed by atoms with Crippen LogP contribution in [-0.4, -0.2) is 30.8 Å². The second kappa shape index (κ2) is 7.33. The van der Waals surface area contributed by atoms with Gasteiger partial charge in [-0.05, 0) is 42.4 Å². The summed E-state index contributed by atoms with van der Waals surface area (Å²) >= 11 is 0. The van der Waals surface area contributed by atoms with Gasteiger partial charge in [-0.1, -0.05) is 12.1 Å². The normalized spacial score (nSPS) is 12.5. The number of benzene rings is 2. The molecule has 0 aliphatic rings. The van der Waals surface area contributed by atoms with Crippen LogP contribution in [0.5, 0.6) is 5.75 Å². The Balaban J connectivity index is 2.15. The average molecular weight is 307 g/mol. The van der Waals surface area contributed by atoms with Crippen molar-refractivity contribution in [3.05, 3.63) is 65.2 Å². The largest absolute Gasteiger partial charge is 0.497 e. The van der Waals surface area contributed by atoms with Gasteiger partial charge in [0, 0.05) is 12.6 Å². The van der Waals surface area contributed by atoms with Crippen LogP contribution in [0.4, 0.5) is 8.78 Å². The summed E-state index contributed by atoms with van der Waals surface area (Å²) in [6.45, 7) is 0.229. The van der Waals surface area contributed by atoms with Gasteiger partial charge in [-0.3, -0.25) is 4.90 Å². The van der Waals surface area contributed by atoms with Gasteiger partial charge in [0.1, 0.15) is 17.4 Å². The number of halogens is 2. The fraction of sp³-hybridized carbons (Fsp3) is 0.294. The van der Waals surface area contributed by atoms with Gasteiger partial charge < -0.3 is 9.84 Å². The SMILES string of the molecule is COc1ccc(C(CO)N(C)Cc2cc(F)cc(F)c2)cc1. The molecular formula is C17H19F2NO2. The molecule has 0 fully saturated rings. The molecule has 0 heterocycles. The molecular weight excluding hydrogens is 288 g/mol. The first kappa shape index (κ1) is 16.4. The van der Waals surface area contributed by atoms with E-state index in [2.05, 4.69) is 0 Å². The lowest BCUT2D eigenvalue weighted by Gasteiger charge is -2.27. The van der Waals surface area contributed by atoms with Crippen molar-refractivity contribution < 1.29 is 18.6 Å². The smallest absolute Gasteiger partial charge is 0.126 e. The van der Waals surface area contributed by atoms with Crippen LogP contribution in [0.3, 0.4) is 0 Å². The lowest BCUT2D eigenvalue weighted by molar-refractivity contribution is 0.142. The van der Waals surface area contributed by atoms with E-state index < -0.39 is 11.6 Å². The summed E-state index contributed by atoms with van der Waals surface area (Å²) in [4.78, 5) is 1.84. The maximum Gasteiger partial charge on any atom is 0.126 e. The van der Waals surface area contributed by atoms with E-state index in [0.717, 1.165) is 17.4 Å². The van der Waals surface area contributed by atoms with Crippen LogP contribution in [0.1, 0.15) is 17.2 Å². The van der Waals surface area contributed by atoms with E-state index in [4.69, 9.17) is 4.74 Å². The molecule has 0 saturated heterocycles. The Kier molecular flexibility index (Phi) is 5.46. The third-order valence-electron chi connectivity index (χ3n) is 3.56. The van der Waals surface area contributed by atoms with Crippen LogP contribution in [0, 0.1) is 11.6 Å². The van der Waals surface area contributed by atoms with Crippen molar-refractivity contribution in [1.82, 2.24) is 4.90 Å². The molecule has 118 valence electrons. The van der Waals surface area contributed by atoms with Gasteiger partial charge in [0.15, 0.2) is 0 Å². The molecule has 0 amide bonds. The van der Waals surface area contributed by atoms with E-state index in [1.807, 2.05) is 29.2 Å². The van der Waals surface area contributed by atoms with Gasteiger partial charge in [0.2, 0.25) is 0 Å². The average Bonchev–Trinajstić information content (AvgIpc) is 2.47. The summed E-state index contributed by atoms with van der Waals surface area (Å²) in [7, 11) is 3.39. The van der Waals surface area contributed by atoms with Crippen LogP contribution in [0.15, 0.2) is 42.5 Å². The molecule has 22 heavy (non-hydrogen) atoms. The Bertz CT molecular complexity index is 596. The summed E-state index contributed by atoms with van der Waals surface area (Å²) in [5.41, 5.74) is 1.43. The Morgan fingerprint density at radius 2 is 1.68 bits per heavy atom. The van der Waals surface area contributed by atoms with E-state index in [-0.39, 0.29) is 12.6 Å². The third-order valence-corrected chi connectivity index (χ3v) is 3.56. The van der Waals surface area contributed by atoms with E-state index >= 15 is 0 Å². The molecule has 2 aromatic rings. The van der Waals surface area contributed by atoms with Crippen LogP contribution in [0.2, 0.25) is 0 Å². The van der Waals surface area contributed by atoms with E-state index in [1.54, 1.807) is 14.2 Å². The highest BCUT2D eigenvalue weighted by Crippen LogP contribution is 2.23. The van der Waals surface area contributed by atoms with Crippen molar-refractivity contribution in [1.29, 1.82) is 0 Å². The third kappa shape index (κ3) is 4.02. The fourth-order valence-corrected chi connectivity index (χ4v) is 2.43. The van der Waals surface area contributed by atoms with Crippen LogP contribution < -0.4 is 4.74 Å². The van der Waals surface area contributed by atoms with Crippen molar-refractivity contribution in [3.8, 4) is 5.75 Å². The summed E-state index contributed by atoms with van der Waals surface area (Å²) in [6.07, 6.45) is 0. The van der Waals surface area contributed by atoms with E-state index in [1.165, 1.54) is 12.1 Å². The van der Waals surface area contributed by atoms with Crippen molar-refractivity contribution in [3.63, 3.8) is 0 Å². The zero-order chi connectivity index (χ0) is 16.1. The molecule has 0 aromatic heterocycles. The first-order chi connectivity index (χ1) is 10.5. The first-order valence-corrected chi connectivity index (χ1v) is 6.93. The number of hydrogen-bond donors (Lipinski definition) is 1. The van der Waals surface area contributed by atoms with Gasteiger partial charge >= 0.3 is 0 Å². The predicted molar refractivity (Wildman–Crippen MR) is 80.6 cm³/mol. The molecule has 1 unspecified atom stereocenters. The number of aliphatic hydroxyl groups excluding tert-OH is 1. The highest BCUT2D eigenvalue weighted by Gasteiger charge is 2.17. The zero-order valence-corrected chi connectivity index (χ0v) is 12.6. The van der Waals surface area contributed by atoms with Gasteiger partial charge in [-0.15, -0.1) is 0 Å². The van der Waals surface area contributed by atoms with Crippen molar-refractivity contribution in [2.75, 3.05) is 20.8 Å². The molecule has 0 radical (unpaired) electrons. The van der Waals surface area contributed by atoms with Crippen LogP contribution in [0.25, 0.3) is 0 Å². The molecule has 2 rings (SSSR count). The topological polar surface area (TPSA) is 32.7 Å². The molecule has 2 aromatic carbocycles. The zero-order valence-electron chi connectivity index (χ0n) is 12.6. The molecule has 3 nitrogen and oxygen atoms in total. The lowest BCUT2D eigenvalue weighted by atomic mass is 10.1. The minimum absolute atomic E-state index is 0.0966. The number of likely N-dealkylation sites (N-methyl/N-ethyl adjacent to an activating group) is 1. The second-order valence-electron chi connectivity index (χ2n) is 5.16. The molecule has 0 aliphatic carbocycles. The first-order valence-electron chi connectivity index (χ1n) is 6.93. The second-order valence-corrected chi connectivity index (χ2v) is 5.16. The van der Waals surface area contributed by atoms with Crippen LogP contribution >= 0.6 is 0 Å². The highest BCUT2D eigenvalue weighted by molar-refractivity contribution is 5.29. The fourth-order valence-electron chi connectivity index (χ4n) is 2.43. The molecule has 1 N–H and O–H groups in total. The highest BCUT2D eigenvalue weighted by atomic mass is 19.1. The quantitative estimate of drug-likeness (QED) is 0.890. The number of aliphatic hydroxyl groups is 1. The van der Waals surface area contributed by atoms with E-state index in [0.29, 0.717) is 12.1 Å². The number of hydrogen-bond acceptors (Lipinski definition) is 3. The molecule has 5 heteroatoms. The monoisotopic (exact) mass is 307 g/mol. The Labute approximate surface area is 128 Å². The predicted octanol–water partition coefficient (Wildman–Crippen LogP) is 3.14. The van der Waals surface area contributed by atoms with Gasteiger partial charge in [0.05, 0.1) is 19.8 Å². The molecule has 0 spiro atoms. The summed E-state index contributed by atoms with van der Waals surface area (Å²) in [5.74, 6) is -0.475. The number of nitrogens with zero attached hydrogens (tertiary/aromatic N) is 1. The van der Waals surface area contributed by atoms with Crippen molar-refractivity contribution >= 4 is 0 Å². The van der Waals surface area contributed by atoms with Crippen molar-refractivity contribution in [2.24, 2.45) is 0 Å². The van der Waals surface area contributed by atoms with Gasteiger partial charge in [-0.25, -0.2) is 8.78 Å². The van der Waals surface area contributed by atoms with Gasteiger partial charge in [-0.2, -0.15) is 0 Å². The number of rotatable bonds is 6. The summed E-state index contributed by atoms with van der Waals surface area (Å²) < 4.78 is 31.6. The van der Waals surface area contributed by atoms with E-state index in [9.17, 15) is 13.9 Å². The molecule has 0 aliphatic heterocycles. The number of methoxy groups -OCH3 is 1. The Morgan fingerprint density at radius 1 is 1.09 bits per heavy atom. The summed E-state index contributed by atoms with van der Waals surface area (Å²) in [5, 5.41) is 9.64. The molecule has 0 bridgehead atoms. The lowest BCUT2D eigenvalue weighted by Crippen LogP contribution is -2.27. The van der Waals surface area contributed by atoms with Crippen LogP contribution in [-0.2, 0) is 6.54 Å². The maximum absolute atomic E-state index is 13.2. The maximum atomic E-state index is 13.2. The van der Waals surface area contributed by atoms with Gasteiger partial charge in [0.25, 0.3) is 0 Å². The molecule has 0 saturated carbocycles. The van der Waals surface area contributed by atoms with Crippen molar-refractivity contribution in [2.45, 2.75) is 12.6 Å². The standard InChI is InChI=1S/C17H19F2NO2/c1-20(10-12-7-14(18)9-15(19)8-12)17(11-21)13-3-5-16(22-2)6-4-13/h3-9,17,21H,10-11H2,1-2H3.